The zero-order chi connectivity index (χ0) is 14.5. The highest BCUT2D eigenvalue weighted by atomic mass is 16.5. The number of nitrogens with one attached hydrogen (secondary N) is 1. The number of methoxy groups -OCH3 is 1. The van der Waals surface area contributed by atoms with E-state index in [0.717, 1.165) is 11.1 Å². The van der Waals surface area contributed by atoms with E-state index in [0.29, 0.717) is 18.6 Å². The van der Waals surface area contributed by atoms with E-state index in [9.17, 15) is 9.90 Å². The minimum absolute atomic E-state index is 0.154. The molecule has 1 unspecified atom stereocenters. The predicted molar refractivity (Wildman–Crippen MR) is 75.4 cm³/mol. The molecule has 0 radical (unpaired) electrons. The average molecular weight is 265 g/mol. The van der Waals surface area contributed by atoms with Gasteiger partial charge in [0.05, 0.1) is 5.60 Å². The summed E-state index contributed by atoms with van der Waals surface area (Å²) in [6, 6.07) is 5.63. The van der Waals surface area contributed by atoms with Crippen molar-refractivity contribution in [1.29, 1.82) is 0 Å². The van der Waals surface area contributed by atoms with Crippen LogP contribution < -0.4 is 5.32 Å². The molecular formula is C15H23NO3. The van der Waals surface area contributed by atoms with Gasteiger partial charge in [0.25, 0.3) is 5.91 Å². The first-order chi connectivity index (χ1) is 8.87. The second kappa shape index (κ2) is 6.68. The van der Waals surface area contributed by atoms with Gasteiger partial charge in [0.1, 0.15) is 0 Å². The van der Waals surface area contributed by atoms with Crippen LogP contribution in [0.3, 0.4) is 0 Å². The Kier molecular flexibility index (Phi) is 5.51. The van der Waals surface area contributed by atoms with Crippen LogP contribution in [0.25, 0.3) is 0 Å². The van der Waals surface area contributed by atoms with Crippen LogP contribution >= 0.6 is 0 Å². The number of hydrogen-bond acceptors (Lipinski definition) is 3. The summed E-state index contributed by atoms with van der Waals surface area (Å²) in [6.07, 6.45) is 0.483. The molecule has 2 N–H and O–H groups in total. The Morgan fingerprint density at radius 3 is 2.74 bits per heavy atom. The second-order valence-corrected chi connectivity index (χ2v) is 5.17. The van der Waals surface area contributed by atoms with Crippen molar-refractivity contribution in [2.24, 2.45) is 0 Å². The van der Waals surface area contributed by atoms with Crippen LogP contribution in [0.15, 0.2) is 18.2 Å². The maximum Gasteiger partial charge on any atom is 0.251 e. The third-order valence-corrected chi connectivity index (χ3v) is 3.32. The molecule has 0 fully saturated rings. The monoisotopic (exact) mass is 265 g/mol. The van der Waals surface area contributed by atoms with Crippen molar-refractivity contribution >= 4 is 5.91 Å². The van der Waals surface area contributed by atoms with Gasteiger partial charge in [-0.25, -0.2) is 0 Å². The first-order valence-electron chi connectivity index (χ1n) is 6.43. The minimum Gasteiger partial charge on any atom is -0.388 e. The Hall–Kier alpha value is -1.39. The average Bonchev–Trinajstić information content (AvgIpc) is 2.37. The number of carbonyl (C=O) groups is 1. The SMILES string of the molecule is COCCC(C)(O)CNC(=O)c1cccc(C)c1C. The fraction of sp³-hybridized carbons (Fsp3) is 0.533. The van der Waals surface area contributed by atoms with Crippen molar-refractivity contribution in [2.75, 3.05) is 20.3 Å². The second-order valence-electron chi connectivity index (χ2n) is 5.17. The number of carbonyl (C=O) groups excluding carboxylic acids is 1. The van der Waals surface area contributed by atoms with Crippen LogP contribution in [-0.2, 0) is 4.74 Å². The van der Waals surface area contributed by atoms with E-state index in [-0.39, 0.29) is 12.5 Å². The van der Waals surface area contributed by atoms with E-state index in [2.05, 4.69) is 5.32 Å². The number of aryl methyl sites for hydroxylation is 1. The molecule has 1 aromatic rings. The highest BCUT2D eigenvalue weighted by Crippen LogP contribution is 2.13. The van der Waals surface area contributed by atoms with Crippen LogP contribution in [0.4, 0.5) is 0 Å². The third-order valence-electron chi connectivity index (χ3n) is 3.32. The van der Waals surface area contributed by atoms with Gasteiger partial charge in [-0.1, -0.05) is 12.1 Å². The van der Waals surface area contributed by atoms with Crippen LogP contribution in [0, 0.1) is 13.8 Å². The molecule has 0 saturated carbocycles. The minimum atomic E-state index is -0.955. The molecule has 106 valence electrons. The van der Waals surface area contributed by atoms with E-state index in [4.69, 9.17) is 4.74 Å². The van der Waals surface area contributed by atoms with Gasteiger partial charge in [-0.15, -0.1) is 0 Å². The Balaban J connectivity index is 2.63. The molecule has 1 aromatic carbocycles. The lowest BCUT2D eigenvalue weighted by atomic mass is 10.0. The molecule has 0 aromatic heterocycles. The van der Waals surface area contributed by atoms with E-state index in [1.54, 1.807) is 20.1 Å². The summed E-state index contributed by atoms with van der Waals surface area (Å²) in [5.41, 5.74) is 1.75. The van der Waals surface area contributed by atoms with Gasteiger partial charge in [0, 0.05) is 32.2 Å². The summed E-state index contributed by atoms with van der Waals surface area (Å²) in [7, 11) is 1.59. The zero-order valence-corrected chi connectivity index (χ0v) is 12.1. The van der Waals surface area contributed by atoms with Crippen LogP contribution in [0.1, 0.15) is 34.8 Å². The van der Waals surface area contributed by atoms with E-state index >= 15 is 0 Å². The largest absolute Gasteiger partial charge is 0.388 e. The summed E-state index contributed by atoms with van der Waals surface area (Å²) < 4.78 is 4.93. The molecular weight excluding hydrogens is 242 g/mol. The number of aliphatic hydroxyl groups is 1. The molecule has 0 aliphatic carbocycles. The van der Waals surface area contributed by atoms with Gasteiger partial charge >= 0.3 is 0 Å². The first-order valence-corrected chi connectivity index (χ1v) is 6.43. The van der Waals surface area contributed by atoms with Gasteiger partial charge < -0.3 is 15.2 Å². The van der Waals surface area contributed by atoms with Crippen LogP contribution in [0.2, 0.25) is 0 Å². The molecule has 1 rings (SSSR count). The van der Waals surface area contributed by atoms with Crippen molar-refractivity contribution in [3.8, 4) is 0 Å². The highest BCUT2D eigenvalue weighted by molar-refractivity contribution is 5.95. The van der Waals surface area contributed by atoms with E-state index < -0.39 is 5.60 Å². The zero-order valence-electron chi connectivity index (χ0n) is 12.1. The molecule has 0 spiro atoms. The smallest absolute Gasteiger partial charge is 0.251 e. The Bertz CT molecular complexity index is 441. The molecule has 0 saturated heterocycles. The van der Waals surface area contributed by atoms with Crippen molar-refractivity contribution in [2.45, 2.75) is 32.8 Å². The quantitative estimate of drug-likeness (QED) is 0.825. The predicted octanol–water partition coefficient (Wildman–Crippen LogP) is 1.82. The van der Waals surface area contributed by atoms with Gasteiger partial charge in [0.15, 0.2) is 0 Å². The Labute approximate surface area is 114 Å². The topological polar surface area (TPSA) is 58.6 Å². The molecule has 0 aliphatic heterocycles. The van der Waals surface area contributed by atoms with E-state index in [1.165, 1.54) is 0 Å². The molecule has 19 heavy (non-hydrogen) atoms. The van der Waals surface area contributed by atoms with Crippen LogP contribution in [-0.4, -0.2) is 36.9 Å². The van der Waals surface area contributed by atoms with Gasteiger partial charge in [0.2, 0.25) is 0 Å². The lowest BCUT2D eigenvalue weighted by Crippen LogP contribution is -2.41. The number of benzene rings is 1. The van der Waals surface area contributed by atoms with Crippen molar-refractivity contribution in [1.82, 2.24) is 5.32 Å². The molecule has 1 amide bonds. The molecule has 1 atom stereocenters. The summed E-state index contributed by atoms with van der Waals surface area (Å²) in [4.78, 5) is 12.1. The Morgan fingerprint density at radius 2 is 2.11 bits per heavy atom. The molecule has 0 bridgehead atoms. The molecule has 0 aliphatic rings. The summed E-state index contributed by atoms with van der Waals surface area (Å²) >= 11 is 0. The highest BCUT2D eigenvalue weighted by Gasteiger charge is 2.21. The molecule has 4 nitrogen and oxygen atoms in total. The number of hydrogen-bond donors (Lipinski definition) is 2. The number of amides is 1. The van der Waals surface area contributed by atoms with Gasteiger partial charge in [-0.2, -0.15) is 0 Å². The maximum absolute atomic E-state index is 12.1. The van der Waals surface area contributed by atoms with Crippen molar-refractivity contribution < 1.29 is 14.6 Å². The first kappa shape index (κ1) is 15.7. The normalized spacial score (nSPS) is 13.9. The number of rotatable bonds is 6. The number of ether oxygens (including phenoxy) is 1. The Morgan fingerprint density at radius 1 is 1.42 bits per heavy atom. The summed E-state index contributed by atoms with van der Waals surface area (Å²) in [6.45, 7) is 6.26. The fourth-order valence-corrected chi connectivity index (χ4v) is 1.77. The van der Waals surface area contributed by atoms with Crippen molar-refractivity contribution in [3.63, 3.8) is 0 Å². The lowest BCUT2D eigenvalue weighted by molar-refractivity contribution is 0.0243. The maximum atomic E-state index is 12.1. The molecule has 0 heterocycles. The van der Waals surface area contributed by atoms with E-state index in [1.807, 2.05) is 26.0 Å². The fourth-order valence-electron chi connectivity index (χ4n) is 1.77. The summed E-state index contributed by atoms with van der Waals surface area (Å²) in [5, 5.41) is 12.8. The standard InChI is InChI=1S/C15H23NO3/c1-11-6-5-7-13(12(11)2)14(17)16-10-15(3,18)8-9-19-4/h5-7,18H,8-10H2,1-4H3,(H,16,17). The van der Waals surface area contributed by atoms with Gasteiger partial charge in [-0.05, 0) is 38.0 Å². The molecule has 4 heteroatoms. The third kappa shape index (κ3) is 4.65. The lowest BCUT2D eigenvalue weighted by Gasteiger charge is -2.23. The van der Waals surface area contributed by atoms with Gasteiger partial charge in [-0.3, -0.25) is 4.79 Å². The van der Waals surface area contributed by atoms with Crippen molar-refractivity contribution in [3.05, 3.63) is 34.9 Å². The van der Waals surface area contributed by atoms with Crippen LogP contribution in [0.5, 0.6) is 0 Å². The summed E-state index contributed by atoms with van der Waals surface area (Å²) in [5.74, 6) is -0.154.